The van der Waals surface area contributed by atoms with Gasteiger partial charge in [0.05, 0.1) is 5.56 Å². The number of allylic oxidation sites excluding steroid dienone is 1. The van der Waals surface area contributed by atoms with E-state index in [2.05, 4.69) is 19.1 Å². The average molecular weight is 290 g/mol. The summed E-state index contributed by atoms with van der Waals surface area (Å²) in [4.78, 5) is 0. The van der Waals surface area contributed by atoms with Crippen molar-refractivity contribution < 1.29 is 13.2 Å². The second-order valence-electron chi connectivity index (χ2n) is 4.90. The van der Waals surface area contributed by atoms with Crippen LogP contribution in [0, 0.1) is 0 Å². The van der Waals surface area contributed by atoms with Crippen molar-refractivity contribution in [3.63, 3.8) is 0 Å². The predicted molar refractivity (Wildman–Crippen MR) is 80.0 cm³/mol. The first-order chi connectivity index (χ1) is 10.0. The molecule has 1 atom stereocenters. The normalized spacial score (nSPS) is 13.5. The Labute approximate surface area is 122 Å². The average Bonchev–Trinajstić information content (AvgIpc) is 2.48. The van der Waals surface area contributed by atoms with Gasteiger partial charge in [0.2, 0.25) is 0 Å². The summed E-state index contributed by atoms with van der Waals surface area (Å²) < 4.78 is 37.5. The number of halogens is 3. The molecule has 0 N–H and O–H groups in total. The third kappa shape index (κ3) is 4.22. The molecule has 0 aliphatic heterocycles. The van der Waals surface area contributed by atoms with Crippen LogP contribution >= 0.6 is 0 Å². The lowest BCUT2D eigenvalue weighted by molar-refractivity contribution is -0.137. The van der Waals surface area contributed by atoms with Gasteiger partial charge >= 0.3 is 6.18 Å². The monoisotopic (exact) mass is 290 g/mol. The minimum Gasteiger partial charge on any atom is -0.166 e. The Bertz CT molecular complexity index is 580. The van der Waals surface area contributed by atoms with Crippen molar-refractivity contribution in [3.05, 3.63) is 77.4 Å². The summed E-state index contributed by atoms with van der Waals surface area (Å²) in [5, 5.41) is 0. The van der Waals surface area contributed by atoms with Crippen molar-refractivity contribution in [1.82, 2.24) is 0 Å². The SMILES string of the molecule is CCC(/C=C/c1ccc(C(F)(F)F)cc1)c1ccccc1. The van der Waals surface area contributed by atoms with Crippen LogP contribution in [0.2, 0.25) is 0 Å². The lowest BCUT2D eigenvalue weighted by Crippen LogP contribution is -2.03. The Kier molecular flexibility index (Phi) is 4.84. The summed E-state index contributed by atoms with van der Waals surface area (Å²) in [7, 11) is 0. The van der Waals surface area contributed by atoms with Crippen molar-refractivity contribution in [3.8, 4) is 0 Å². The molecule has 3 heteroatoms. The molecule has 0 spiro atoms. The van der Waals surface area contributed by atoms with Gasteiger partial charge in [-0.2, -0.15) is 13.2 Å². The van der Waals surface area contributed by atoms with Gasteiger partial charge < -0.3 is 0 Å². The van der Waals surface area contributed by atoms with E-state index in [-0.39, 0.29) is 5.92 Å². The van der Waals surface area contributed by atoms with Gasteiger partial charge in [-0.05, 0) is 29.7 Å². The van der Waals surface area contributed by atoms with E-state index < -0.39 is 11.7 Å². The van der Waals surface area contributed by atoms with E-state index in [0.29, 0.717) is 0 Å². The largest absolute Gasteiger partial charge is 0.416 e. The summed E-state index contributed by atoms with van der Waals surface area (Å²) >= 11 is 0. The van der Waals surface area contributed by atoms with Crippen molar-refractivity contribution in [1.29, 1.82) is 0 Å². The minimum absolute atomic E-state index is 0.272. The zero-order valence-corrected chi connectivity index (χ0v) is 11.8. The lowest BCUT2D eigenvalue weighted by atomic mass is 9.95. The standard InChI is InChI=1S/C18H17F3/c1-2-15(16-6-4-3-5-7-16)11-8-14-9-12-17(13-10-14)18(19,20)21/h3-13,15H,2H2,1H3/b11-8+. The van der Waals surface area contributed by atoms with E-state index in [4.69, 9.17) is 0 Å². The highest BCUT2D eigenvalue weighted by atomic mass is 19.4. The fourth-order valence-electron chi connectivity index (χ4n) is 2.19. The van der Waals surface area contributed by atoms with Gasteiger partial charge in [-0.1, -0.05) is 61.5 Å². The summed E-state index contributed by atoms with van der Waals surface area (Å²) in [5.74, 6) is 0.272. The molecule has 0 heterocycles. The van der Waals surface area contributed by atoms with Crippen LogP contribution in [0.1, 0.15) is 36.0 Å². The molecule has 0 amide bonds. The zero-order chi connectivity index (χ0) is 15.3. The van der Waals surface area contributed by atoms with E-state index in [1.165, 1.54) is 17.7 Å². The Morgan fingerprint density at radius 3 is 2.10 bits per heavy atom. The second-order valence-corrected chi connectivity index (χ2v) is 4.90. The highest BCUT2D eigenvalue weighted by Gasteiger charge is 2.29. The molecule has 110 valence electrons. The maximum absolute atomic E-state index is 12.5. The maximum Gasteiger partial charge on any atom is 0.416 e. The molecule has 0 aromatic heterocycles. The zero-order valence-electron chi connectivity index (χ0n) is 11.8. The van der Waals surface area contributed by atoms with Gasteiger partial charge in [-0.15, -0.1) is 0 Å². The van der Waals surface area contributed by atoms with Crippen molar-refractivity contribution in [2.75, 3.05) is 0 Å². The second kappa shape index (κ2) is 6.61. The van der Waals surface area contributed by atoms with Crippen LogP contribution in [-0.4, -0.2) is 0 Å². The van der Waals surface area contributed by atoms with Gasteiger partial charge in [-0.25, -0.2) is 0 Å². The quantitative estimate of drug-likeness (QED) is 0.656. The molecule has 0 radical (unpaired) electrons. The summed E-state index contributed by atoms with van der Waals surface area (Å²) in [5.41, 5.74) is 1.37. The van der Waals surface area contributed by atoms with Crippen LogP contribution in [0.5, 0.6) is 0 Å². The molecule has 0 saturated carbocycles. The first-order valence-electron chi connectivity index (χ1n) is 6.91. The smallest absolute Gasteiger partial charge is 0.166 e. The molecule has 21 heavy (non-hydrogen) atoms. The summed E-state index contributed by atoms with van der Waals surface area (Å²) in [6.45, 7) is 2.09. The molecule has 2 rings (SSSR count). The van der Waals surface area contributed by atoms with Crippen LogP contribution in [0.4, 0.5) is 13.2 Å². The molecular formula is C18H17F3. The number of benzene rings is 2. The van der Waals surface area contributed by atoms with Crippen LogP contribution in [0.25, 0.3) is 6.08 Å². The molecule has 2 aromatic rings. The van der Waals surface area contributed by atoms with Crippen molar-refractivity contribution in [2.45, 2.75) is 25.4 Å². The highest BCUT2D eigenvalue weighted by Crippen LogP contribution is 2.29. The van der Waals surface area contributed by atoms with Crippen molar-refractivity contribution >= 4 is 6.08 Å². The molecule has 2 aromatic carbocycles. The van der Waals surface area contributed by atoms with Crippen LogP contribution < -0.4 is 0 Å². The van der Waals surface area contributed by atoms with E-state index in [9.17, 15) is 13.2 Å². The fraction of sp³-hybridized carbons (Fsp3) is 0.222. The maximum atomic E-state index is 12.5. The van der Waals surface area contributed by atoms with Crippen LogP contribution in [0.15, 0.2) is 60.7 Å². The van der Waals surface area contributed by atoms with E-state index >= 15 is 0 Å². The summed E-state index contributed by atoms with van der Waals surface area (Å²) in [6, 6.07) is 15.3. The molecule has 0 nitrogen and oxygen atoms in total. The predicted octanol–water partition coefficient (Wildman–Crippen LogP) is 5.91. The molecule has 0 aliphatic carbocycles. The molecule has 0 fully saturated rings. The Morgan fingerprint density at radius 1 is 0.952 bits per heavy atom. The molecule has 0 saturated heterocycles. The Balaban J connectivity index is 2.13. The van der Waals surface area contributed by atoms with E-state index in [1.54, 1.807) is 0 Å². The van der Waals surface area contributed by atoms with E-state index in [1.807, 2.05) is 30.4 Å². The first-order valence-corrected chi connectivity index (χ1v) is 6.91. The van der Waals surface area contributed by atoms with Crippen LogP contribution in [0.3, 0.4) is 0 Å². The Hall–Kier alpha value is -2.03. The van der Waals surface area contributed by atoms with Gasteiger partial charge in [-0.3, -0.25) is 0 Å². The molecule has 0 bridgehead atoms. The van der Waals surface area contributed by atoms with Crippen LogP contribution in [-0.2, 0) is 6.18 Å². The molecule has 0 aliphatic rings. The molecule has 1 unspecified atom stereocenters. The number of rotatable bonds is 4. The Morgan fingerprint density at radius 2 is 1.57 bits per heavy atom. The number of hydrogen-bond donors (Lipinski definition) is 0. The fourth-order valence-corrected chi connectivity index (χ4v) is 2.19. The van der Waals surface area contributed by atoms with E-state index in [0.717, 1.165) is 24.1 Å². The minimum atomic E-state index is -4.28. The third-order valence-electron chi connectivity index (χ3n) is 3.43. The number of hydrogen-bond acceptors (Lipinski definition) is 0. The highest BCUT2D eigenvalue weighted by molar-refractivity contribution is 5.51. The van der Waals surface area contributed by atoms with Gasteiger partial charge in [0, 0.05) is 5.92 Å². The third-order valence-corrected chi connectivity index (χ3v) is 3.43. The summed E-state index contributed by atoms with van der Waals surface area (Å²) in [6.07, 6.45) is 0.582. The van der Waals surface area contributed by atoms with Gasteiger partial charge in [0.25, 0.3) is 0 Å². The van der Waals surface area contributed by atoms with Gasteiger partial charge in [0.1, 0.15) is 0 Å². The topological polar surface area (TPSA) is 0 Å². The van der Waals surface area contributed by atoms with Gasteiger partial charge in [0.15, 0.2) is 0 Å². The number of alkyl halides is 3. The van der Waals surface area contributed by atoms with Crippen molar-refractivity contribution in [2.24, 2.45) is 0 Å². The first kappa shape index (κ1) is 15.4. The molecular weight excluding hydrogens is 273 g/mol. The lowest BCUT2D eigenvalue weighted by Gasteiger charge is -2.10.